The molecule has 0 radical (unpaired) electrons. The highest BCUT2D eigenvalue weighted by atomic mass is 33.1. The van der Waals surface area contributed by atoms with E-state index in [1.165, 1.54) is 18.6 Å². The van der Waals surface area contributed by atoms with Crippen molar-refractivity contribution in [1.82, 2.24) is 5.32 Å². The Morgan fingerprint density at radius 2 is 2.14 bits per heavy atom. The number of hydrogen-bond acceptors (Lipinski definition) is 4. The molecule has 2 unspecified atom stereocenters. The molecule has 22 heavy (non-hydrogen) atoms. The molecule has 0 aliphatic carbocycles. The van der Waals surface area contributed by atoms with Crippen LogP contribution in [0, 0.1) is 0 Å². The first kappa shape index (κ1) is 17.5. The summed E-state index contributed by atoms with van der Waals surface area (Å²) in [6, 6.07) is 7.29. The lowest BCUT2D eigenvalue weighted by molar-refractivity contribution is -0.121. The summed E-state index contributed by atoms with van der Waals surface area (Å²) in [6.45, 7) is 2.02. The first-order valence-corrected chi connectivity index (χ1v) is 10.4. The summed E-state index contributed by atoms with van der Waals surface area (Å²) in [5.41, 5.74) is 1.13. The highest BCUT2D eigenvalue weighted by Gasteiger charge is 2.16. The lowest BCUT2D eigenvalue weighted by atomic mass is 10.1. The molecule has 5 heteroatoms. The van der Waals surface area contributed by atoms with Crippen molar-refractivity contribution >= 4 is 27.5 Å². The van der Waals surface area contributed by atoms with E-state index in [1.807, 2.05) is 40.6 Å². The number of hydrogen-bond donors (Lipinski definition) is 2. The van der Waals surface area contributed by atoms with Gasteiger partial charge in [0.2, 0.25) is 5.91 Å². The van der Waals surface area contributed by atoms with E-state index in [2.05, 4.69) is 5.32 Å². The third kappa shape index (κ3) is 6.53. The van der Waals surface area contributed by atoms with E-state index in [9.17, 15) is 9.90 Å². The van der Waals surface area contributed by atoms with Crippen LogP contribution in [0.3, 0.4) is 0 Å². The topological polar surface area (TPSA) is 49.3 Å². The molecule has 1 aliphatic rings. The average Bonchev–Trinajstić information content (AvgIpc) is 2.99. The van der Waals surface area contributed by atoms with E-state index < -0.39 is 0 Å². The largest absolute Gasteiger partial charge is 0.508 e. The number of benzene rings is 1. The minimum absolute atomic E-state index is 0.124. The highest BCUT2D eigenvalue weighted by molar-refractivity contribution is 8.77. The SMILES string of the molecule is CC(Cc1ccc(O)cc1)NC(=O)CCCCC1CCSS1. The number of rotatable bonds is 8. The van der Waals surface area contributed by atoms with Gasteiger partial charge in [-0.3, -0.25) is 4.79 Å². The van der Waals surface area contributed by atoms with Gasteiger partial charge in [0, 0.05) is 23.5 Å². The zero-order valence-corrected chi connectivity index (χ0v) is 14.7. The number of phenolic OH excluding ortho intramolecular Hbond substituents is 1. The molecule has 2 rings (SSSR count). The fraction of sp³-hybridized carbons (Fsp3) is 0.588. The van der Waals surface area contributed by atoms with E-state index in [-0.39, 0.29) is 17.7 Å². The molecule has 2 atom stereocenters. The normalized spacial score (nSPS) is 19.0. The number of carbonyl (C=O) groups excluding carboxylic acids is 1. The summed E-state index contributed by atoms with van der Waals surface area (Å²) in [5.74, 6) is 1.71. The molecule has 3 nitrogen and oxygen atoms in total. The molecule has 1 fully saturated rings. The summed E-state index contributed by atoms with van der Waals surface area (Å²) >= 11 is 0. The molecule has 2 N–H and O–H groups in total. The van der Waals surface area contributed by atoms with Gasteiger partial charge in [-0.15, -0.1) is 0 Å². The Hall–Kier alpha value is -0.810. The molecule has 0 spiro atoms. The first-order chi connectivity index (χ1) is 10.6. The van der Waals surface area contributed by atoms with Gasteiger partial charge in [0.05, 0.1) is 0 Å². The van der Waals surface area contributed by atoms with Crippen molar-refractivity contribution < 1.29 is 9.90 Å². The summed E-state index contributed by atoms with van der Waals surface area (Å²) in [4.78, 5) is 11.9. The number of aromatic hydroxyl groups is 1. The second-order valence-corrected chi connectivity index (χ2v) is 8.70. The van der Waals surface area contributed by atoms with Crippen LogP contribution >= 0.6 is 21.6 Å². The molecule has 1 saturated heterocycles. The summed E-state index contributed by atoms with van der Waals surface area (Å²) in [6.07, 6.45) is 6.13. The maximum absolute atomic E-state index is 11.9. The van der Waals surface area contributed by atoms with Crippen LogP contribution in [0.4, 0.5) is 0 Å². The maximum Gasteiger partial charge on any atom is 0.220 e. The predicted octanol–water partition coefficient (Wildman–Crippen LogP) is 4.15. The van der Waals surface area contributed by atoms with Gasteiger partial charge in [-0.05, 0) is 50.3 Å². The molecule has 0 saturated carbocycles. The Labute approximate surface area is 141 Å². The maximum atomic E-state index is 11.9. The Morgan fingerprint density at radius 1 is 1.36 bits per heavy atom. The van der Waals surface area contributed by atoms with Crippen molar-refractivity contribution in [2.24, 2.45) is 0 Å². The van der Waals surface area contributed by atoms with Gasteiger partial charge in [0.1, 0.15) is 5.75 Å². The van der Waals surface area contributed by atoms with E-state index in [1.54, 1.807) is 12.1 Å². The zero-order chi connectivity index (χ0) is 15.8. The van der Waals surface area contributed by atoms with Crippen molar-refractivity contribution in [3.63, 3.8) is 0 Å². The van der Waals surface area contributed by atoms with E-state index in [0.717, 1.165) is 30.1 Å². The Morgan fingerprint density at radius 3 is 2.82 bits per heavy atom. The van der Waals surface area contributed by atoms with Crippen LogP contribution in [0.25, 0.3) is 0 Å². The van der Waals surface area contributed by atoms with Crippen LogP contribution in [0.1, 0.15) is 44.6 Å². The molecule has 1 aromatic rings. The molecule has 0 bridgehead atoms. The third-order valence-corrected chi connectivity index (χ3v) is 6.80. The molecular formula is C17H25NO2S2. The number of amides is 1. The van der Waals surface area contributed by atoms with Crippen molar-refractivity contribution in [3.05, 3.63) is 29.8 Å². The standard InChI is InChI=1S/C17H25NO2S2/c1-13(12-14-6-8-15(19)9-7-14)18-17(20)5-3-2-4-16-10-11-21-22-16/h6-9,13,16,19H,2-5,10-12H2,1H3,(H,18,20). The second-order valence-electron chi connectivity index (χ2n) is 5.91. The fourth-order valence-corrected chi connectivity index (χ4v) is 5.63. The van der Waals surface area contributed by atoms with Crippen LogP contribution in [0.2, 0.25) is 0 Å². The van der Waals surface area contributed by atoms with Crippen molar-refractivity contribution in [2.45, 2.75) is 56.7 Å². The van der Waals surface area contributed by atoms with Gasteiger partial charge < -0.3 is 10.4 Å². The van der Waals surface area contributed by atoms with Crippen LogP contribution in [-0.2, 0) is 11.2 Å². The minimum Gasteiger partial charge on any atom is -0.508 e. The first-order valence-electron chi connectivity index (χ1n) is 7.99. The molecule has 0 aromatic heterocycles. The van der Waals surface area contributed by atoms with E-state index >= 15 is 0 Å². The Bertz CT molecular complexity index is 458. The highest BCUT2D eigenvalue weighted by Crippen LogP contribution is 2.39. The summed E-state index contributed by atoms with van der Waals surface area (Å²) in [5, 5.41) is 13.1. The van der Waals surface area contributed by atoms with Crippen molar-refractivity contribution in [1.29, 1.82) is 0 Å². The third-order valence-electron chi connectivity index (χ3n) is 3.79. The number of carbonyl (C=O) groups is 1. The smallest absolute Gasteiger partial charge is 0.220 e. The van der Waals surface area contributed by atoms with Crippen LogP contribution < -0.4 is 5.32 Å². The number of nitrogens with one attached hydrogen (secondary N) is 1. The monoisotopic (exact) mass is 339 g/mol. The van der Waals surface area contributed by atoms with Crippen LogP contribution in [0.15, 0.2) is 24.3 Å². The molecular weight excluding hydrogens is 314 g/mol. The van der Waals surface area contributed by atoms with Crippen molar-refractivity contribution in [3.8, 4) is 5.75 Å². The summed E-state index contributed by atoms with van der Waals surface area (Å²) in [7, 11) is 3.99. The number of phenols is 1. The van der Waals surface area contributed by atoms with Crippen molar-refractivity contribution in [2.75, 3.05) is 5.75 Å². The van der Waals surface area contributed by atoms with Gasteiger partial charge in [0.15, 0.2) is 0 Å². The quantitative estimate of drug-likeness (QED) is 0.552. The van der Waals surface area contributed by atoms with Gasteiger partial charge in [-0.1, -0.05) is 40.1 Å². The second kappa shape index (κ2) is 9.36. The molecule has 1 aliphatic heterocycles. The fourth-order valence-electron chi connectivity index (χ4n) is 2.61. The lowest BCUT2D eigenvalue weighted by Crippen LogP contribution is -2.33. The molecule has 1 amide bonds. The van der Waals surface area contributed by atoms with Crippen LogP contribution in [-0.4, -0.2) is 28.1 Å². The number of unbranched alkanes of at least 4 members (excludes halogenated alkanes) is 1. The Balaban J connectivity index is 1.58. The van der Waals surface area contributed by atoms with Crippen LogP contribution in [0.5, 0.6) is 5.75 Å². The summed E-state index contributed by atoms with van der Waals surface area (Å²) < 4.78 is 0. The van der Waals surface area contributed by atoms with Gasteiger partial charge >= 0.3 is 0 Å². The van der Waals surface area contributed by atoms with Gasteiger partial charge in [0.25, 0.3) is 0 Å². The predicted molar refractivity (Wildman–Crippen MR) is 96.3 cm³/mol. The molecule has 1 heterocycles. The van der Waals surface area contributed by atoms with Gasteiger partial charge in [-0.2, -0.15) is 0 Å². The van der Waals surface area contributed by atoms with E-state index in [4.69, 9.17) is 0 Å². The average molecular weight is 340 g/mol. The molecule has 122 valence electrons. The van der Waals surface area contributed by atoms with E-state index in [0.29, 0.717) is 6.42 Å². The zero-order valence-electron chi connectivity index (χ0n) is 13.1. The Kier molecular flexibility index (Phi) is 7.46. The lowest BCUT2D eigenvalue weighted by Gasteiger charge is -2.14. The van der Waals surface area contributed by atoms with Gasteiger partial charge in [-0.25, -0.2) is 0 Å². The minimum atomic E-state index is 0.124. The molecule has 1 aromatic carbocycles.